The minimum Gasteiger partial charge on any atom is -0.397 e. The maximum Gasteiger partial charge on any atom is 0.154 e. The van der Waals surface area contributed by atoms with Crippen LogP contribution in [0.2, 0.25) is 0 Å². The maximum absolute atomic E-state index is 12.3. The van der Waals surface area contributed by atoms with E-state index in [1.165, 1.54) is 0 Å². The number of nitrogens with zero attached hydrogens (tertiary/aromatic N) is 2. The SMILES string of the molecule is C=C(N)c1nn(CC(=O)CCC(CC)CC=O)c2ccccc12. The molecule has 0 aliphatic rings. The summed E-state index contributed by atoms with van der Waals surface area (Å²) in [4.78, 5) is 22.9. The van der Waals surface area contributed by atoms with Crippen molar-refractivity contribution in [3.63, 3.8) is 0 Å². The number of aromatic nitrogens is 2. The highest BCUT2D eigenvalue weighted by atomic mass is 16.1. The smallest absolute Gasteiger partial charge is 0.154 e. The van der Waals surface area contributed by atoms with Crippen LogP contribution >= 0.6 is 0 Å². The molecule has 0 saturated carbocycles. The Morgan fingerprint density at radius 3 is 2.83 bits per heavy atom. The number of hydrogen-bond donors (Lipinski definition) is 1. The fraction of sp³-hybridized carbons (Fsp3) is 0.389. The Labute approximate surface area is 136 Å². The highest BCUT2D eigenvalue weighted by Gasteiger charge is 2.14. The standard InChI is InChI=1S/C18H23N3O2/c1-3-14(10-11-22)8-9-15(23)12-21-17-7-5-4-6-16(17)18(20-21)13(2)19/h4-7,11,14H,2-3,8-10,12,19H2,1H3. The lowest BCUT2D eigenvalue weighted by Gasteiger charge is -2.10. The minimum atomic E-state index is 0.108. The van der Waals surface area contributed by atoms with E-state index in [1.807, 2.05) is 31.2 Å². The number of ketones is 1. The van der Waals surface area contributed by atoms with Crippen LogP contribution in [0.25, 0.3) is 16.6 Å². The molecule has 0 bridgehead atoms. The molecular weight excluding hydrogens is 290 g/mol. The quantitative estimate of drug-likeness (QED) is 0.722. The van der Waals surface area contributed by atoms with Crippen LogP contribution in [0.3, 0.4) is 0 Å². The van der Waals surface area contributed by atoms with Crippen molar-refractivity contribution in [1.29, 1.82) is 0 Å². The zero-order chi connectivity index (χ0) is 16.8. The monoisotopic (exact) mass is 313 g/mol. The van der Waals surface area contributed by atoms with E-state index in [0.717, 1.165) is 30.0 Å². The number of Topliss-reactive ketones (excluding diaryl/α,β-unsaturated/α-hetero) is 1. The third-order valence-electron chi connectivity index (χ3n) is 4.13. The van der Waals surface area contributed by atoms with Crippen molar-refractivity contribution in [2.24, 2.45) is 11.7 Å². The first kappa shape index (κ1) is 16.9. The van der Waals surface area contributed by atoms with Gasteiger partial charge in [-0.25, -0.2) is 0 Å². The van der Waals surface area contributed by atoms with E-state index in [2.05, 4.69) is 11.7 Å². The highest BCUT2D eigenvalue weighted by Crippen LogP contribution is 2.22. The van der Waals surface area contributed by atoms with Gasteiger partial charge < -0.3 is 10.5 Å². The van der Waals surface area contributed by atoms with Gasteiger partial charge in [-0.05, 0) is 18.4 Å². The van der Waals surface area contributed by atoms with E-state index < -0.39 is 0 Å². The van der Waals surface area contributed by atoms with Gasteiger partial charge in [0.05, 0.1) is 11.2 Å². The molecule has 1 atom stereocenters. The van der Waals surface area contributed by atoms with Crippen molar-refractivity contribution in [1.82, 2.24) is 9.78 Å². The summed E-state index contributed by atoms with van der Waals surface area (Å²) in [7, 11) is 0. The molecule has 5 heteroatoms. The van der Waals surface area contributed by atoms with E-state index >= 15 is 0 Å². The lowest BCUT2D eigenvalue weighted by atomic mass is 9.96. The molecule has 0 fully saturated rings. The second-order valence-corrected chi connectivity index (χ2v) is 5.80. The van der Waals surface area contributed by atoms with Gasteiger partial charge in [0, 0.05) is 18.2 Å². The molecule has 23 heavy (non-hydrogen) atoms. The van der Waals surface area contributed by atoms with Crippen molar-refractivity contribution in [3.8, 4) is 0 Å². The van der Waals surface area contributed by atoms with Crippen LogP contribution in [0.1, 0.15) is 38.3 Å². The number of carbonyl (C=O) groups excluding carboxylic acids is 2. The van der Waals surface area contributed by atoms with Crippen LogP contribution in [0, 0.1) is 5.92 Å². The number of carbonyl (C=O) groups is 2. The van der Waals surface area contributed by atoms with Crippen LogP contribution in [-0.2, 0) is 16.1 Å². The Bertz CT molecular complexity index is 718. The fourth-order valence-corrected chi connectivity index (χ4v) is 2.72. The third kappa shape index (κ3) is 4.06. The second kappa shape index (κ2) is 7.72. The van der Waals surface area contributed by atoms with Crippen molar-refractivity contribution in [3.05, 3.63) is 36.5 Å². The Hall–Kier alpha value is -2.43. The van der Waals surface area contributed by atoms with E-state index in [0.29, 0.717) is 24.2 Å². The van der Waals surface area contributed by atoms with Crippen molar-refractivity contribution in [2.75, 3.05) is 0 Å². The molecule has 0 radical (unpaired) electrons. The Morgan fingerprint density at radius 1 is 1.43 bits per heavy atom. The van der Waals surface area contributed by atoms with Gasteiger partial charge in [0.15, 0.2) is 5.78 Å². The van der Waals surface area contributed by atoms with Crippen LogP contribution in [0.4, 0.5) is 0 Å². The number of hydrogen-bond acceptors (Lipinski definition) is 4. The summed E-state index contributed by atoms with van der Waals surface area (Å²) in [6.45, 7) is 6.00. The number of rotatable bonds is 9. The van der Waals surface area contributed by atoms with Gasteiger partial charge in [-0.3, -0.25) is 9.48 Å². The molecule has 0 spiro atoms. The summed E-state index contributed by atoms with van der Waals surface area (Å²) in [5, 5.41) is 5.33. The number of benzene rings is 1. The maximum atomic E-state index is 12.3. The van der Waals surface area contributed by atoms with Crippen LogP contribution in [-0.4, -0.2) is 21.8 Å². The van der Waals surface area contributed by atoms with E-state index in [1.54, 1.807) is 4.68 Å². The normalized spacial score (nSPS) is 12.2. The number of fused-ring (bicyclic) bond motifs is 1. The number of aldehydes is 1. The van der Waals surface area contributed by atoms with Gasteiger partial charge in [0.2, 0.25) is 0 Å². The summed E-state index contributed by atoms with van der Waals surface area (Å²) >= 11 is 0. The lowest BCUT2D eigenvalue weighted by molar-refractivity contribution is -0.120. The Kier molecular flexibility index (Phi) is 5.68. The predicted octanol–water partition coefficient (Wildman–Crippen LogP) is 2.93. The van der Waals surface area contributed by atoms with Gasteiger partial charge in [-0.15, -0.1) is 0 Å². The minimum absolute atomic E-state index is 0.108. The molecule has 0 amide bonds. The van der Waals surface area contributed by atoms with Crippen LogP contribution in [0.5, 0.6) is 0 Å². The van der Waals surface area contributed by atoms with Gasteiger partial charge in [-0.1, -0.05) is 38.1 Å². The van der Waals surface area contributed by atoms with Crippen molar-refractivity contribution in [2.45, 2.75) is 39.2 Å². The largest absolute Gasteiger partial charge is 0.397 e. The van der Waals surface area contributed by atoms with Gasteiger partial charge in [0.25, 0.3) is 0 Å². The molecule has 1 unspecified atom stereocenters. The number of nitrogens with two attached hydrogens (primary N) is 1. The van der Waals surface area contributed by atoms with Crippen molar-refractivity contribution < 1.29 is 9.59 Å². The molecule has 1 aromatic heterocycles. The molecule has 2 aromatic rings. The van der Waals surface area contributed by atoms with Gasteiger partial charge >= 0.3 is 0 Å². The van der Waals surface area contributed by atoms with Gasteiger partial charge in [0.1, 0.15) is 18.5 Å². The molecule has 2 N–H and O–H groups in total. The van der Waals surface area contributed by atoms with Gasteiger partial charge in [-0.2, -0.15) is 5.10 Å². The summed E-state index contributed by atoms with van der Waals surface area (Å²) in [5.74, 6) is 0.391. The van der Waals surface area contributed by atoms with Crippen molar-refractivity contribution >= 4 is 28.7 Å². The first-order chi connectivity index (χ1) is 11.1. The molecule has 1 heterocycles. The molecule has 122 valence electrons. The van der Waals surface area contributed by atoms with E-state index in [4.69, 9.17) is 5.73 Å². The molecule has 0 aliphatic carbocycles. The Balaban J connectivity index is 2.11. The zero-order valence-electron chi connectivity index (χ0n) is 13.5. The van der Waals surface area contributed by atoms with Crippen LogP contribution < -0.4 is 5.73 Å². The highest BCUT2D eigenvalue weighted by molar-refractivity contribution is 5.90. The van der Waals surface area contributed by atoms with E-state index in [9.17, 15) is 9.59 Å². The fourth-order valence-electron chi connectivity index (χ4n) is 2.72. The Morgan fingerprint density at radius 2 is 2.17 bits per heavy atom. The summed E-state index contributed by atoms with van der Waals surface area (Å²) in [5.41, 5.74) is 7.68. The summed E-state index contributed by atoms with van der Waals surface area (Å²) in [6.07, 6.45) is 3.56. The first-order valence-electron chi connectivity index (χ1n) is 7.92. The summed E-state index contributed by atoms with van der Waals surface area (Å²) in [6, 6.07) is 7.66. The molecule has 0 saturated heterocycles. The second-order valence-electron chi connectivity index (χ2n) is 5.80. The number of para-hydroxylation sites is 1. The zero-order valence-corrected chi connectivity index (χ0v) is 13.5. The topological polar surface area (TPSA) is 78.0 Å². The molecule has 0 aliphatic heterocycles. The average Bonchev–Trinajstić information content (AvgIpc) is 2.90. The molecular formula is C18H23N3O2. The van der Waals surface area contributed by atoms with E-state index in [-0.39, 0.29) is 18.2 Å². The molecule has 1 aromatic carbocycles. The molecule has 2 rings (SSSR count). The first-order valence-corrected chi connectivity index (χ1v) is 7.92. The summed E-state index contributed by atoms with van der Waals surface area (Å²) < 4.78 is 1.69. The molecule has 5 nitrogen and oxygen atoms in total. The lowest BCUT2D eigenvalue weighted by Crippen LogP contribution is -2.13. The predicted molar refractivity (Wildman–Crippen MR) is 91.7 cm³/mol. The average molecular weight is 313 g/mol. The van der Waals surface area contributed by atoms with Crippen LogP contribution in [0.15, 0.2) is 30.8 Å². The third-order valence-corrected chi connectivity index (χ3v) is 4.13.